The molecule has 0 spiro atoms. The molecule has 3 aromatic carbocycles. The van der Waals surface area contributed by atoms with Crippen LogP contribution in [0.5, 0.6) is 23.0 Å². The van der Waals surface area contributed by atoms with E-state index in [0.29, 0.717) is 21.5 Å². The lowest BCUT2D eigenvalue weighted by Crippen LogP contribution is -2.00. The lowest BCUT2D eigenvalue weighted by molar-refractivity contribution is 0.104. The highest BCUT2D eigenvalue weighted by Crippen LogP contribution is 2.30. The highest BCUT2D eigenvalue weighted by atomic mass is 35.5. The van der Waals surface area contributed by atoms with Crippen LogP contribution in [-0.4, -0.2) is 23.1 Å². The van der Waals surface area contributed by atoms with Crippen molar-refractivity contribution in [3.05, 3.63) is 87.4 Å². The Labute approximate surface area is 183 Å². The minimum absolute atomic E-state index is 0.0958. The molecule has 0 atom stereocenters. The van der Waals surface area contributed by atoms with Gasteiger partial charge in [0.1, 0.15) is 29.6 Å². The Bertz CT molecular complexity index is 1110. The maximum atomic E-state index is 12.3. The molecule has 3 rings (SSSR count). The summed E-state index contributed by atoms with van der Waals surface area (Å²) in [4.78, 5) is 12.3. The van der Waals surface area contributed by atoms with E-state index in [1.165, 1.54) is 18.2 Å². The second-order valence-electron chi connectivity index (χ2n) is 6.33. The summed E-state index contributed by atoms with van der Waals surface area (Å²) >= 11 is 12.0. The van der Waals surface area contributed by atoms with Gasteiger partial charge in [-0.15, -0.1) is 0 Å². The number of benzene rings is 3. The maximum Gasteiger partial charge on any atom is 0.189 e. The fourth-order valence-corrected chi connectivity index (χ4v) is 3.22. The van der Waals surface area contributed by atoms with Crippen LogP contribution in [0.1, 0.15) is 21.5 Å². The third-order valence-corrected chi connectivity index (χ3v) is 4.79. The Morgan fingerprint density at radius 1 is 1.00 bits per heavy atom. The SMILES string of the molecule is COc1ccc(C=CC(=O)c2ccc(O)cc2O)cc1COc1ccc(Cl)cc1Cl. The van der Waals surface area contributed by atoms with Crippen molar-refractivity contribution in [2.45, 2.75) is 6.61 Å². The molecule has 0 saturated carbocycles. The molecule has 0 aliphatic carbocycles. The number of ketones is 1. The van der Waals surface area contributed by atoms with Crippen molar-refractivity contribution >= 4 is 35.1 Å². The highest BCUT2D eigenvalue weighted by molar-refractivity contribution is 6.35. The topological polar surface area (TPSA) is 76.0 Å². The molecular weight excluding hydrogens is 427 g/mol. The van der Waals surface area contributed by atoms with E-state index in [2.05, 4.69) is 0 Å². The van der Waals surface area contributed by atoms with Gasteiger partial charge in [-0.25, -0.2) is 0 Å². The first-order valence-corrected chi connectivity index (χ1v) is 9.62. The van der Waals surface area contributed by atoms with Crippen LogP contribution >= 0.6 is 23.2 Å². The number of ether oxygens (including phenoxy) is 2. The number of halogens is 2. The number of carbonyl (C=O) groups is 1. The fourth-order valence-electron chi connectivity index (χ4n) is 2.75. The van der Waals surface area contributed by atoms with E-state index in [9.17, 15) is 15.0 Å². The summed E-state index contributed by atoms with van der Waals surface area (Å²) in [5.41, 5.74) is 1.59. The molecule has 0 bridgehead atoms. The summed E-state index contributed by atoms with van der Waals surface area (Å²) in [6.07, 6.45) is 2.96. The summed E-state index contributed by atoms with van der Waals surface area (Å²) in [6, 6.07) is 14.2. The first-order chi connectivity index (χ1) is 14.4. The van der Waals surface area contributed by atoms with Gasteiger partial charge in [-0.05, 0) is 54.1 Å². The molecular formula is C23H18Cl2O5. The number of methoxy groups -OCH3 is 1. The summed E-state index contributed by atoms with van der Waals surface area (Å²) in [5, 5.41) is 20.1. The van der Waals surface area contributed by atoms with Crippen LogP contribution in [0.3, 0.4) is 0 Å². The van der Waals surface area contributed by atoms with Crippen LogP contribution in [0.15, 0.2) is 60.7 Å². The Hall–Kier alpha value is -3.15. The lowest BCUT2D eigenvalue weighted by Gasteiger charge is -2.12. The third-order valence-electron chi connectivity index (χ3n) is 4.26. The molecule has 0 aliphatic heterocycles. The van der Waals surface area contributed by atoms with E-state index < -0.39 is 5.78 Å². The van der Waals surface area contributed by atoms with Crippen LogP contribution in [0, 0.1) is 0 Å². The van der Waals surface area contributed by atoms with Gasteiger partial charge < -0.3 is 19.7 Å². The molecule has 30 heavy (non-hydrogen) atoms. The van der Waals surface area contributed by atoms with Gasteiger partial charge >= 0.3 is 0 Å². The minimum Gasteiger partial charge on any atom is -0.508 e. The van der Waals surface area contributed by atoms with Crippen LogP contribution < -0.4 is 9.47 Å². The molecule has 0 heterocycles. The van der Waals surface area contributed by atoms with E-state index >= 15 is 0 Å². The molecule has 0 radical (unpaired) electrons. The molecule has 7 heteroatoms. The van der Waals surface area contributed by atoms with Gasteiger partial charge in [0.15, 0.2) is 5.78 Å². The van der Waals surface area contributed by atoms with Gasteiger partial charge in [-0.2, -0.15) is 0 Å². The number of phenolic OH excluding ortho intramolecular Hbond substituents is 2. The molecule has 5 nitrogen and oxygen atoms in total. The molecule has 154 valence electrons. The van der Waals surface area contributed by atoms with Gasteiger partial charge in [0, 0.05) is 16.7 Å². The van der Waals surface area contributed by atoms with Crippen molar-refractivity contribution in [1.82, 2.24) is 0 Å². The average Bonchev–Trinajstić information content (AvgIpc) is 2.71. The predicted octanol–water partition coefficient (Wildman–Crippen LogP) is 5.89. The molecule has 0 fully saturated rings. The summed E-state index contributed by atoms with van der Waals surface area (Å²) in [6.45, 7) is 0.193. The van der Waals surface area contributed by atoms with Crippen molar-refractivity contribution in [1.29, 1.82) is 0 Å². The number of aromatic hydroxyl groups is 2. The van der Waals surface area contributed by atoms with E-state index in [1.807, 2.05) is 6.07 Å². The molecule has 2 N–H and O–H groups in total. The summed E-state index contributed by atoms with van der Waals surface area (Å²) in [5.74, 6) is 0.317. The zero-order chi connectivity index (χ0) is 21.7. The molecule has 0 unspecified atom stereocenters. The van der Waals surface area contributed by atoms with Crippen molar-refractivity contribution in [3.63, 3.8) is 0 Å². The number of hydrogen-bond donors (Lipinski definition) is 2. The second-order valence-corrected chi connectivity index (χ2v) is 7.18. The standard InChI is InChI=1S/C23H18Cl2O5/c1-29-22-8-3-14(2-7-20(27)18-6-5-17(26)12-21(18)28)10-15(22)13-30-23-9-4-16(24)11-19(23)25/h2-12,26,28H,13H2,1H3. The van der Waals surface area contributed by atoms with Crippen LogP contribution in [0.2, 0.25) is 10.0 Å². The number of allylic oxidation sites excluding steroid dienone is 1. The summed E-state index contributed by atoms with van der Waals surface area (Å²) < 4.78 is 11.2. The zero-order valence-corrected chi connectivity index (χ0v) is 17.4. The molecule has 0 amide bonds. The fraction of sp³-hybridized carbons (Fsp3) is 0.0870. The number of rotatable bonds is 7. The minimum atomic E-state index is -0.394. The van der Waals surface area contributed by atoms with Gasteiger partial charge in [0.25, 0.3) is 0 Å². The molecule has 0 aromatic heterocycles. The van der Waals surface area contributed by atoms with Crippen LogP contribution in [0.4, 0.5) is 0 Å². The Morgan fingerprint density at radius 3 is 2.47 bits per heavy atom. The quantitative estimate of drug-likeness (QED) is 0.351. The Morgan fingerprint density at radius 2 is 1.77 bits per heavy atom. The van der Waals surface area contributed by atoms with Crippen molar-refractivity contribution in [2.24, 2.45) is 0 Å². The van der Waals surface area contributed by atoms with E-state index in [1.54, 1.807) is 43.5 Å². The van der Waals surface area contributed by atoms with Gasteiger partial charge in [0.05, 0.1) is 17.7 Å². The average molecular weight is 445 g/mol. The van der Waals surface area contributed by atoms with Crippen molar-refractivity contribution < 1.29 is 24.5 Å². The smallest absolute Gasteiger partial charge is 0.189 e. The third kappa shape index (κ3) is 5.26. The van der Waals surface area contributed by atoms with E-state index in [4.69, 9.17) is 32.7 Å². The predicted molar refractivity (Wildman–Crippen MR) is 117 cm³/mol. The van der Waals surface area contributed by atoms with Crippen molar-refractivity contribution in [2.75, 3.05) is 7.11 Å². The van der Waals surface area contributed by atoms with Gasteiger partial charge in [-0.3, -0.25) is 4.79 Å². The van der Waals surface area contributed by atoms with Gasteiger partial charge in [-0.1, -0.05) is 35.3 Å². The highest BCUT2D eigenvalue weighted by Gasteiger charge is 2.10. The Balaban J connectivity index is 1.78. The first-order valence-electron chi connectivity index (χ1n) is 8.86. The number of hydrogen-bond acceptors (Lipinski definition) is 5. The van der Waals surface area contributed by atoms with Crippen molar-refractivity contribution in [3.8, 4) is 23.0 Å². The number of phenols is 2. The second kappa shape index (κ2) is 9.57. The summed E-state index contributed by atoms with van der Waals surface area (Å²) in [7, 11) is 1.56. The monoisotopic (exact) mass is 444 g/mol. The van der Waals surface area contributed by atoms with E-state index in [-0.39, 0.29) is 23.7 Å². The van der Waals surface area contributed by atoms with E-state index in [0.717, 1.165) is 17.2 Å². The van der Waals surface area contributed by atoms with Crippen LogP contribution in [-0.2, 0) is 6.61 Å². The Kier molecular flexibility index (Phi) is 6.87. The maximum absolute atomic E-state index is 12.3. The van der Waals surface area contributed by atoms with Crippen LogP contribution in [0.25, 0.3) is 6.08 Å². The zero-order valence-electron chi connectivity index (χ0n) is 15.9. The first kappa shape index (κ1) is 21.6. The normalized spacial score (nSPS) is 10.9. The molecule has 0 saturated heterocycles. The lowest BCUT2D eigenvalue weighted by atomic mass is 10.1. The largest absolute Gasteiger partial charge is 0.508 e. The number of carbonyl (C=O) groups excluding carboxylic acids is 1. The van der Waals surface area contributed by atoms with Gasteiger partial charge in [0.2, 0.25) is 0 Å². The molecule has 0 aliphatic rings. The molecule has 3 aromatic rings.